The normalized spacial score (nSPS) is 12.0. The third-order valence-electron chi connectivity index (χ3n) is 3.65. The molecule has 0 amide bonds. The molecular formula is C18H19FN2. The topological polar surface area (TPSA) is 35.8 Å². The Morgan fingerprint density at radius 3 is 2.48 bits per heavy atom. The first-order valence-corrected chi connectivity index (χ1v) is 7.10. The van der Waals surface area contributed by atoms with E-state index in [2.05, 4.69) is 31.3 Å². The van der Waals surface area contributed by atoms with Gasteiger partial charge in [-0.15, -0.1) is 0 Å². The van der Waals surface area contributed by atoms with Gasteiger partial charge in [-0.05, 0) is 29.7 Å². The largest absolute Gasteiger partial charge is 0.384 e. The van der Waals surface area contributed by atoms with E-state index in [0.717, 1.165) is 12.2 Å². The molecule has 1 unspecified atom stereocenters. The molecule has 0 aliphatic carbocycles. The van der Waals surface area contributed by atoms with Crippen molar-refractivity contribution in [3.05, 3.63) is 65.5 Å². The fourth-order valence-electron chi connectivity index (χ4n) is 2.39. The zero-order valence-corrected chi connectivity index (χ0v) is 12.3. The van der Waals surface area contributed by atoms with Crippen molar-refractivity contribution >= 4 is 5.69 Å². The predicted octanol–water partition coefficient (Wildman–Crippen LogP) is 4.55. The lowest BCUT2D eigenvalue weighted by Crippen LogP contribution is -2.17. The summed E-state index contributed by atoms with van der Waals surface area (Å²) in [5.41, 5.74) is 2.12. The summed E-state index contributed by atoms with van der Waals surface area (Å²) in [6.45, 7) is 5.12. The second-order valence-corrected chi connectivity index (χ2v) is 5.45. The molecule has 2 nitrogen and oxygen atoms in total. The zero-order chi connectivity index (χ0) is 15.2. The molecule has 0 fully saturated rings. The molecule has 2 aromatic rings. The van der Waals surface area contributed by atoms with E-state index in [0.29, 0.717) is 11.8 Å². The van der Waals surface area contributed by atoms with Crippen LogP contribution in [-0.4, -0.2) is 6.54 Å². The Bertz CT molecular complexity index is 629. The molecule has 0 aliphatic rings. The predicted molar refractivity (Wildman–Crippen MR) is 83.6 cm³/mol. The van der Waals surface area contributed by atoms with Gasteiger partial charge >= 0.3 is 0 Å². The minimum atomic E-state index is -0.480. The minimum Gasteiger partial charge on any atom is -0.384 e. The van der Waals surface area contributed by atoms with Gasteiger partial charge in [0.1, 0.15) is 11.9 Å². The maximum atomic E-state index is 13.3. The van der Waals surface area contributed by atoms with Crippen molar-refractivity contribution < 1.29 is 4.39 Å². The van der Waals surface area contributed by atoms with Gasteiger partial charge in [-0.25, -0.2) is 4.39 Å². The summed E-state index contributed by atoms with van der Waals surface area (Å²) >= 11 is 0. The fraction of sp³-hybridized carbons (Fsp3) is 0.278. The van der Waals surface area contributed by atoms with Crippen molar-refractivity contribution in [3.63, 3.8) is 0 Å². The van der Waals surface area contributed by atoms with Gasteiger partial charge in [-0.3, -0.25) is 0 Å². The smallest absolute Gasteiger partial charge is 0.141 e. The van der Waals surface area contributed by atoms with Crippen LogP contribution in [0.2, 0.25) is 0 Å². The highest BCUT2D eigenvalue weighted by atomic mass is 19.1. The molecule has 0 saturated carbocycles. The molecule has 0 heterocycles. The highest BCUT2D eigenvalue weighted by molar-refractivity contribution is 5.50. The second-order valence-electron chi connectivity index (χ2n) is 5.45. The van der Waals surface area contributed by atoms with Crippen LogP contribution in [0.25, 0.3) is 0 Å². The van der Waals surface area contributed by atoms with Gasteiger partial charge in [-0.1, -0.05) is 44.2 Å². The molecule has 2 aromatic carbocycles. The van der Waals surface area contributed by atoms with Crippen LogP contribution in [0.15, 0.2) is 48.5 Å². The number of benzene rings is 2. The van der Waals surface area contributed by atoms with E-state index in [-0.39, 0.29) is 5.56 Å². The third kappa shape index (κ3) is 3.82. The van der Waals surface area contributed by atoms with Crippen LogP contribution in [-0.2, 0) is 0 Å². The Labute approximate surface area is 125 Å². The summed E-state index contributed by atoms with van der Waals surface area (Å²) in [5.74, 6) is 0.365. The number of anilines is 1. The Morgan fingerprint density at radius 1 is 1.14 bits per heavy atom. The van der Waals surface area contributed by atoms with Crippen LogP contribution in [0.1, 0.15) is 30.9 Å². The van der Waals surface area contributed by atoms with Gasteiger partial charge in [-0.2, -0.15) is 5.26 Å². The Hall–Kier alpha value is -2.34. The highest BCUT2D eigenvalue weighted by Gasteiger charge is 2.15. The molecule has 0 saturated heterocycles. The average Bonchev–Trinajstić information content (AvgIpc) is 2.49. The van der Waals surface area contributed by atoms with E-state index in [9.17, 15) is 4.39 Å². The first-order valence-electron chi connectivity index (χ1n) is 7.10. The number of nitriles is 1. The average molecular weight is 282 g/mol. The van der Waals surface area contributed by atoms with Crippen molar-refractivity contribution in [2.75, 3.05) is 11.9 Å². The minimum absolute atomic E-state index is 0.0702. The number of halogens is 1. The quantitative estimate of drug-likeness (QED) is 0.873. The number of rotatable bonds is 5. The molecule has 0 spiro atoms. The first-order chi connectivity index (χ1) is 10.1. The Morgan fingerprint density at radius 2 is 1.86 bits per heavy atom. The summed E-state index contributed by atoms with van der Waals surface area (Å²) in [6, 6.07) is 16.7. The zero-order valence-electron chi connectivity index (χ0n) is 12.3. The van der Waals surface area contributed by atoms with E-state index in [1.165, 1.54) is 11.6 Å². The molecule has 0 aliphatic heterocycles. The van der Waals surface area contributed by atoms with Gasteiger partial charge in [0.15, 0.2) is 0 Å². The van der Waals surface area contributed by atoms with E-state index in [1.54, 1.807) is 12.1 Å². The summed E-state index contributed by atoms with van der Waals surface area (Å²) < 4.78 is 13.3. The standard InChI is InChI=1S/C18H19FN2/c1-13(2)17(14-6-4-3-5-7-14)12-21-16-8-9-18(19)15(10-16)11-20/h3-10,13,17,21H,12H2,1-2H3. The number of hydrogen-bond donors (Lipinski definition) is 1. The monoisotopic (exact) mass is 282 g/mol. The Balaban J connectivity index is 2.11. The van der Waals surface area contributed by atoms with Gasteiger partial charge in [0.2, 0.25) is 0 Å². The molecule has 108 valence electrons. The van der Waals surface area contributed by atoms with Gasteiger partial charge < -0.3 is 5.32 Å². The van der Waals surface area contributed by atoms with E-state index in [1.807, 2.05) is 24.3 Å². The van der Waals surface area contributed by atoms with Crippen molar-refractivity contribution in [1.29, 1.82) is 5.26 Å². The first kappa shape index (κ1) is 15.1. The molecule has 0 aromatic heterocycles. The van der Waals surface area contributed by atoms with Crippen LogP contribution in [0, 0.1) is 23.1 Å². The SMILES string of the molecule is CC(C)C(CNc1ccc(F)c(C#N)c1)c1ccccc1. The number of nitrogens with zero attached hydrogens (tertiary/aromatic N) is 1. The van der Waals surface area contributed by atoms with E-state index >= 15 is 0 Å². The molecule has 0 bridgehead atoms. The summed E-state index contributed by atoms with van der Waals surface area (Å²) in [6.07, 6.45) is 0. The van der Waals surface area contributed by atoms with E-state index < -0.39 is 5.82 Å². The van der Waals surface area contributed by atoms with Crippen molar-refractivity contribution in [2.24, 2.45) is 5.92 Å². The van der Waals surface area contributed by atoms with Crippen molar-refractivity contribution in [2.45, 2.75) is 19.8 Å². The second kappa shape index (κ2) is 6.90. The van der Waals surface area contributed by atoms with Gasteiger partial charge in [0.25, 0.3) is 0 Å². The molecule has 3 heteroatoms. The van der Waals surface area contributed by atoms with Crippen LogP contribution >= 0.6 is 0 Å². The number of nitrogens with one attached hydrogen (secondary N) is 1. The lowest BCUT2D eigenvalue weighted by molar-refractivity contribution is 0.517. The molecular weight excluding hydrogens is 263 g/mol. The summed E-state index contributed by atoms with van der Waals surface area (Å²) in [4.78, 5) is 0. The van der Waals surface area contributed by atoms with Crippen LogP contribution in [0.3, 0.4) is 0 Å². The van der Waals surface area contributed by atoms with Crippen molar-refractivity contribution in [1.82, 2.24) is 0 Å². The molecule has 0 radical (unpaired) electrons. The van der Waals surface area contributed by atoms with Crippen LogP contribution < -0.4 is 5.32 Å². The third-order valence-corrected chi connectivity index (χ3v) is 3.65. The fourth-order valence-corrected chi connectivity index (χ4v) is 2.39. The lowest BCUT2D eigenvalue weighted by Gasteiger charge is -2.22. The van der Waals surface area contributed by atoms with Gasteiger partial charge in [0.05, 0.1) is 5.56 Å². The van der Waals surface area contributed by atoms with Crippen LogP contribution in [0.4, 0.5) is 10.1 Å². The maximum Gasteiger partial charge on any atom is 0.141 e. The maximum absolute atomic E-state index is 13.3. The highest BCUT2D eigenvalue weighted by Crippen LogP contribution is 2.25. The summed E-state index contributed by atoms with van der Waals surface area (Å²) in [7, 11) is 0. The van der Waals surface area contributed by atoms with Gasteiger partial charge in [0, 0.05) is 18.2 Å². The molecule has 1 atom stereocenters. The van der Waals surface area contributed by atoms with Crippen LogP contribution in [0.5, 0.6) is 0 Å². The Kier molecular flexibility index (Phi) is 4.94. The van der Waals surface area contributed by atoms with E-state index in [4.69, 9.17) is 5.26 Å². The molecule has 2 rings (SSSR count). The lowest BCUT2D eigenvalue weighted by atomic mass is 9.88. The number of hydrogen-bond acceptors (Lipinski definition) is 2. The summed E-state index contributed by atoms with van der Waals surface area (Å²) in [5, 5.41) is 12.2. The molecule has 1 N–H and O–H groups in total. The van der Waals surface area contributed by atoms with Crippen molar-refractivity contribution in [3.8, 4) is 6.07 Å². The molecule has 21 heavy (non-hydrogen) atoms.